The topological polar surface area (TPSA) is 12.4 Å². The average molecular weight is 163 g/mol. The van der Waals surface area contributed by atoms with Gasteiger partial charge in [0.1, 0.15) is 0 Å². The van der Waals surface area contributed by atoms with Gasteiger partial charge in [-0.3, -0.25) is 4.99 Å². The monoisotopic (exact) mass is 163 g/mol. The molecule has 0 bridgehead atoms. The smallest absolute Gasteiger partial charge is 0.0653 e. The molecule has 0 spiro atoms. The van der Waals surface area contributed by atoms with Crippen molar-refractivity contribution < 1.29 is 0 Å². The molecule has 0 heterocycles. The molecule has 0 fully saturated rings. The van der Waals surface area contributed by atoms with Crippen molar-refractivity contribution in [2.45, 2.75) is 27.2 Å². The van der Waals surface area contributed by atoms with Crippen molar-refractivity contribution in [1.82, 2.24) is 0 Å². The number of allylic oxidation sites excluding steroid dienone is 4. The van der Waals surface area contributed by atoms with E-state index in [1.807, 2.05) is 32.1 Å². The molecule has 0 aromatic carbocycles. The predicted molar refractivity (Wildman–Crippen MR) is 56.5 cm³/mol. The van der Waals surface area contributed by atoms with Crippen molar-refractivity contribution in [3.05, 3.63) is 36.1 Å². The summed E-state index contributed by atoms with van der Waals surface area (Å²) in [6, 6.07) is 0. The van der Waals surface area contributed by atoms with Gasteiger partial charge in [-0.05, 0) is 31.9 Å². The lowest BCUT2D eigenvalue weighted by Crippen LogP contribution is -1.82. The molecule has 0 aromatic rings. The van der Waals surface area contributed by atoms with E-state index < -0.39 is 0 Å². The maximum absolute atomic E-state index is 4.25. The molecule has 1 heteroatoms. The summed E-state index contributed by atoms with van der Waals surface area (Å²) in [5.41, 5.74) is 2.20. The molecule has 0 rings (SSSR count). The third-order valence-corrected chi connectivity index (χ3v) is 1.55. The first kappa shape index (κ1) is 10.9. The molecule has 0 radical (unpaired) electrons. The SMILES string of the molecule is C=C/C(CC)=C(\C=C/C)N=CC. The summed E-state index contributed by atoms with van der Waals surface area (Å²) in [6.45, 7) is 9.76. The van der Waals surface area contributed by atoms with Gasteiger partial charge in [0.15, 0.2) is 0 Å². The van der Waals surface area contributed by atoms with E-state index >= 15 is 0 Å². The molecule has 0 atom stereocenters. The first-order valence-electron chi connectivity index (χ1n) is 4.27. The minimum atomic E-state index is 0.973. The maximum Gasteiger partial charge on any atom is 0.0653 e. The minimum absolute atomic E-state index is 0.973. The Kier molecular flexibility index (Phi) is 5.98. The highest BCUT2D eigenvalue weighted by Crippen LogP contribution is 2.12. The number of hydrogen-bond acceptors (Lipinski definition) is 1. The highest BCUT2D eigenvalue weighted by Gasteiger charge is 1.94. The van der Waals surface area contributed by atoms with Gasteiger partial charge in [0.25, 0.3) is 0 Å². The maximum atomic E-state index is 4.25. The van der Waals surface area contributed by atoms with E-state index in [1.165, 1.54) is 5.57 Å². The molecule has 1 nitrogen and oxygen atoms in total. The lowest BCUT2D eigenvalue weighted by atomic mass is 10.1. The van der Waals surface area contributed by atoms with E-state index in [1.54, 1.807) is 6.21 Å². The summed E-state index contributed by atoms with van der Waals surface area (Å²) >= 11 is 0. The van der Waals surface area contributed by atoms with Crippen LogP contribution in [0.1, 0.15) is 27.2 Å². The van der Waals surface area contributed by atoms with Gasteiger partial charge >= 0.3 is 0 Å². The van der Waals surface area contributed by atoms with Crippen LogP contribution in [0.3, 0.4) is 0 Å². The normalized spacial score (nSPS) is 13.9. The summed E-state index contributed by atoms with van der Waals surface area (Å²) in [6.07, 6.45) is 8.62. The summed E-state index contributed by atoms with van der Waals surface area (Å²) < 4.78 is 0. The molecule has 0 aliphatic heterocycles. The van der Waals surface area contributed by atoms with Crippen LogP contribution in [0, 0.1) is 0 Å². The van der Waals surface area contributed by atoms with Gasteiger partial charge in [-0.25, -0.2) is 0 Å². The zero-order chi connectivity index (χ0) is 9.40. The van der Waals surface area contributed by atoms with Gasteiger partial charge in [0.05, 0.1) is 5.70 Å². The van der Waals surface area contributed by atoms with Crippen molar-refractivity contribution in [3.63, 3.8) is 0 Å². The Morgan fingerprint density at radius 3 is 2.42 bits per heavy atom. The molecule has 0 saturated heterocycles. The van der Waals surface area contributed by atoms with E-state index in [2.05, 4.69) is 18.5 Å². The molecular formula is C11H17N. The van der Waals surface area contributed by atoms with Gasteiger partial charge in [-0.15, -0.1) is 0 Å². The van der Waals surface area contributed by atoms with Gasteiger partial charge in [0, 0.05) is 6.21 Å². The third kappa shape index (κ3) is 3.33. The summed E-state index contributed by atoms with van der Waals surface area (Å²) in [5, 5.41) is 0. The molecule has 0 aliphatic carbocycles. The zero-order valence-electron chi connectivity index (χ0n) is 8.17. The van der Waals surface area contributed by atoms with Crippen LogP contribution in [-0.2, 0) is 0 Å². The van der Waals surface area contributed by atoms with Gasteiger partial charge < -0.3 is 0 Å². The number of hydrogen-bond donors (Lipinski definition) is 0. The molecule has 0 N–H and O–H groups in total. The van der Waals surface area contributed by atoms with Crippen molar-refractivity contribution in [2.24, 2.45) is 4.99 Å². The van der Waals surface area contributed by atoms with Gasteiger partial charge in [-0.1, -0.05) is 25.7 Å². The Morgan fingerprint density at radius 1 is 1.42 bits per heavy atom. The second-order valence-electron chi connectivity index (χ2n) is 2.36. The van der Waals surface area contributed by atoms with Crippen LogP contribution in [0.2, 0.25) is 0 Å². The highest BCUT2D eigenvalue weighted by molar-refractivity contribution is 5.57. The fraction of sp³-hybridized carbons (Fsp3) is 0.364. The molecule has 0 aromatic heterocycles. The lowest BCUT2D eigenvalue weighted by Gasteiger charge is -2.00. The number of rotatable bonds is 4. The minimum Gasteiger partial charge on any atom is -0.261 e. The van der Waals surface area contributed by atoms with Crippen molar-refractivity contribution in [1.29, 1.82) is 0 Å². The number of aliphatic imine (C=N–C) groups is 1. The van der Waals surface area contributed by atoms with Gasteiger partial charge in [-0.2, -0.15) is 0 Å². The molecule has 12 heavy (non-hydrogen) atoms. The van der Waals surface area contributed by atoms with Crippen molar-refractivity contribution in [3.8, 4) is 0 Å². The van der Waals surface area contributed by atoms with E-state index in [4.69, 9.17) is 0 Å². The Bertz CT molecular complexity index is 205. The average Bonchev–Trinajstić information content (AvgIpc) is 2.07. The highest BCUT2D eigenvalue weighted by atomic mass is 14.7. The molecule has 0 amide bonds. The van der Waals surface area contributed by atoms with Crippen LogP contribution in [0.25, 0.3) is 0 Å². The second kappa shape index (κ2) is 6.59. The van der Waals surface area contributed by atoms with Crippen LogP contribution in [-0.4, -0.2) is 6.21 Å². The van der Waals surface area contributed by atoms with E-state index in [0.29, 0.717) is 0 Å². The van der Waals surface area contributed by atoms with Crippen LogP contribution >= 0.6 is 0 Å². The van der Waals surface area contributed by atoms with E-state index in [9.17, 15) is 0 Å². The largest absolute Gasteiger partial charge is 0.261 e. The van der Waals surface area contributed by atoms with E-state index in [0.717, 1.165) is 12.1 Å². The standard InChI is InChI=1S/C11H17N/c1-5-9-11(12-8-4)10(6-2)7-3/h5-6,8-9H,2,7H2,1,3-4H3/b9-5-,11-10-,12-8?. The van der Waals surface area contributed by atoms with Crippen LogP contribution < -0.4 is 0 Å². The second-order valence-corrected chi connectivity index (χ2v) is 2.36. The van der Waals surface area contributed by atoms with Crippen molar-refractivity contribution in [2.75, 3.05) is 0 Å². The first-order valence-corrected chi connectivity index (χ1v) is 4.27. The molecule has 0 unspecified atom stereocenters. The van der Waals surface area contributed by atoms with Crippen LogP contribution in [0.5, 0.6) is 0 Å². The summed E-state index contributed by atoms with van der Waals surface area (Å²) in [4.78, 5) is 4.25. The Labute approximate surface area is 75.2 Å². The first-order chi connectivity index (χ1) is 5.79. The van der Waals surface area contributed by atoms with Crippen LogP contribution in [0.4, 0.5) is 0 Å². The molecule has 0 aliphatic rings. The fourth-order valence-electron chi connectivity index (χ4n) is 0.960. The predicted octanol–water partition coefficient (Wildman–Crippen LogP) is 3.50. The quantitative estimate of drug-likeness (QED) is 0.444. The lowest BCUT2D eigenvalue weighted by molar-refractivity contribution is 1.11. The van der Waals surface area contributed by atoms with Gasteiger partial charge in [0.2, 0.25) is 0 Å². The zero-order valence-corrected chi connectivity index (χ0v) is 8.17. The molecule has 0 saturated carbocycles. The Hall–Kier alpha value is -1.11. The fourth-order valence-corrected chi connectivity index (χ4v) is 0.960. The van der Waals surface area contributed by atoms with Crippen molar-refractivity contribution >= 4 is 6.21 Å². The summed E-state index contributed by atoms with van der Waals surface area (Å²) in [5.74, 6) is 0. The number of nitrogens with zero attached hydrogens (tertiary/aromatic N) is 1. The summed E-state index contributed by atoms with van der Waals surface area (Å²) in [7, 11) is 0. The molecule has 66 valence electrons. The molecular weight excluding hydrogens is 146 g/mol. The Balaban J connectivity index is 4.87. The Morgan fingerprint density at radius 2 is 2.08 bits per heavy atom. The third-order valence-electron chi connectivity index (χ3n) is 1.55. The van der Waals surface area contributed by atoms with E-state index in [-0.39, 0.29) is 0 Å². The van der Waals surface area contributed by atoms with Crippen LogP contribution in [0.15, 0.2) is 41.1 Å².